The minimum atomic E-state index is -4.82. The molecule has 1 aromatic carbocycles. The maximum atomic E-state index is 14.6. The van der Waals surface area contributed by atoms with Crippen LogP contribution in [0.1, 0.15) is 36.1 Å². The molecule has 39 heavy (non-hydrogen) atoms. The molecule has 1 aliphatic carbocycles. The van der Waals surface area contributed by atoms with Crippen LogP contribution >= 0.6 is 12.2 Å². The maximum Gasteiger partial charge on any atom is 0.419 e. The van der Waals surface area contributed by atoms with Crippen LogP contribution < -0.4 is 14.5 Å². The summed E-state index contributed by atoms with van der Waals surface area (Å²) in [5.41, 5.74) is -0.694. The van der Waals surface area contributed by atoms with Gasteiger partial charge in [-0.2, -0.15) is 18.4 Å². The van der Waals surface area contributed by atoms with Crippen LogP contribution in [0.25, 0.3) is 0 Å². The molecular formula is C27H23F4N5O2S. The number of thiocarbonyl (C=S) groups is 1. The fourth-order valence-corrected chi connectivity index (χ4v) is 4.75. The third-order valence-electron chi connectivity index (χ3n) is 6.71. The van der Waals surface area contributed by atoms with Crippen molar-refractivity contribution in [1.82, 2.24) is 9.97 Å². The molecule has 0 N–H and O–H groups in total. The van der Waals surface area contributed by atoms with E-state index in [-0.39, 0.29) is 18.0 Å². The molecule has 0 unspecified atom stereocenters. The van der Waals surface area contributed by atoms with Crippen LogP contribution in [0.2, 0.25) is 0 Å². The van der Waals surface area contributed by atoms with E-state index in [1.54, 1.807) is 12.4 Å². The summed E-state index contributed by atoms with van der Waals surface area (Å²) in [4.78, 5) is 23.9. The average Bonchev–Trinajstić information content (AvgIpc) is 2.90. The number of carbonyl (C=O) groups is 1. The predicted molar refractivity (Wildman–Crippen MR) is 140 cm³/mol. The Kier molecular flexibility index (Phi) is 8.11. The highest BCUT2D eigenvalue weighted by Crippen LogP contribution is 2.43. The molecule has 2 aromatic heterocycles. The summed E-state index contributed by atoms with van der Waals surface area (Å²) in [6.45, 7) is 0.196. The molecule has 0 bridgehead atoms. The Balaban J connectivity index is 1.59. The number of ether oxygens (including phenoxy) is 1. The van der Waals surface area contributed by atoms with E-state index in [2.05, 4.69) is 9.97 Å². The SMILES string of the molecule is CN(C(=O)C1(N(C=S)c2ccc(F)c(OCCc3ccncc3)c2)CCC1)c1cnc(C#N)c(C(F)(F)F)c1. The zero-order chi connectivity index (χ0) is 28.2. The molecule has 0 atom stereocenters. The number of pyridine rings is 2. The van der Waals surface area contributed by atoms with Gasteiger partial charge in [-0.3, -0.25) is 9.78 Å². The monoisotopic (exact) mass is 557 g/mol. The van der Waals surface area contributed by atoms with Crippen molar-refractivity contribution in [2.75, 3.05) is 23.5 Å². The third-order valence-corrected chi connectivity index (χ3v) is 6.92. The number of amides is 1. The standard InChI is InChI=1S/C27H23F4N5O2S/c1-35(20-13-21(27(29,30)31)23(15-32)34-16-20)25(37)26(8-2-9-26)36(17-39)19-3-4-22(28)24(14-19)38-12-7-18-5-10-33-11-6-18/h3-6,10-11,13-14,16-17H,2,7-9,12H2,1H3. The van der Waals surface area contributed by atoms with Crippen LogP contribution in [0.3, 0.4) is 0 Å². The number of benzene rings is 1. The van der Waals surface area contributed by atoms with Gasteiger partial charge in [0.05, 0.1) is 29.5 Å². The second-order valence-corrected chi connectivity index (χ2v) is 9.20. The zero-order valence-electron chi connectivity index (χ0n) is 20.8. The molecule has 0 aliphatic heterocycles. The first-order chi connectivity index (χ1) is 18.6. The van der Waals surface area contributed by atoms with Gasteiger partial charge in [0.1, 0.15) is 11.6 Å². The Morgan fingerprint density at radius 2 is 1.92 bits per heavy atom. The van der Waals surface area contributed by atoms with Crippen molar-refractivity contribution in [3.8, 4) is 11.8 Å². The Bertz CT molecular complexity index is 1410. The summed E-state index contributed by atoms with van der Waals surface area (Å²) >= 11 is 5.25. The van der Waals surface area contributed by atoms with Crippen molar-refractivity contribution >= 4 is 35.0 Å². The van der Waals surface area contributed by atoms with E-state index < -0.39 is 34.7 Å². The predicted octanol–water partition coefficient (Wildman–Crippen LogP) is 5.48. The number of nitrogens with zero attached hydrogens (tertiary/aromatic N) is 5. The van der Waals surface area contributed by atoms with Crippen LogP contribution in [0.4, 0.5) is 28.9 Å². The van der Waals surface area contributed by atoms with Crippen molar-refractivity contribution in [2.24, 2.45) is 0 Å². The number of aromatic nitrogens is 2. The second-order valence-electron chi connectivity index (χ2n) is 8.99. The first-order valence-corrected chi connectivity index (χ1v) is 12.4. The van der Waals surface area contributed by atoms with Crippen molar-refractivity contribution in [3.63, 3.8) is 0 Å². The second kappa shape index (κ2) is 11.3. The van der Waals surface area contributed by atoms with Gasteiger partial charge in [0.25, 0.3) is 5.91 Å². The third kappa shape index (κ3) is 5.68. The normalized spacial score (nSPS) is 14.1. The first-order valence-electron chi connectivity index (χ1n) is 11.9. The Labute approximate surface area is 227 Å². The highest BCUT2D eigenvalue weighted by atomic mass is 32.1. The number of likely N-dealkylation sites (N-methyl/N-ethyl adjacent to an activating group) is 1. The van der Waals surface area contributed by atoms with Crippen LogP contribution in [-0.2, 0) is 17.4 Å². The summed E-state index contributed by atoms with van der Waals surface area (Å²) < 4.78 is 60.7. The molecule has 2 heterocycles. The number of alkyl halides is 3. The number of hydrogen-bond donors (Lipinski definition) is 0. The molecule has 4 rings (SSSR count). The number of nitriles is 1. The summed E-state index contributed by atoms with van der Waals surface area (Å²) in [7, 11) is 1.34. The van der Waals surface area contributed by atoms with Gasteiger partial charge in [0, 0.05) is 37.6 Å². The number of carbonyl (C=O) groups excluding carboxylic acids is 1. The number of anilines is 2. The quantitative estimate of drug-likeness (QED) is 0.255. The summed E-state index contributed by atoms with van der Waals surface area (Å²) in [6.07, 6.45) is 1.46. The molecule has 0 saturated heterocycles. The van der Waals surface area contributed by atoms with Gasteiger partial charge in [0.15, 0.2) is 17.3 Å². The number of halogens is 4. The van der Waals surface area contributed by atoms with Crippen molar-refractivity contribution < 1.29 is 27.1 Å². The van der Waals surface area contributed by atoms with E-state index >= 15 is 0 Å². The van der Waals surface area contributed by atoms with Crippen LogP contribution in [-0.4, -0.2) is 40.6 Å². The van der Waals surface area contributed by atoms with Crippen molar-refractivity contribution in [1.29, 1.82) is 5.26 Å². The summed E-state index contributed by atoms with van der Waals surface area (Å²) in [5.74, 6) is -1.13. The van der Waals surface area contributed by atoms with Gasteiger partial charge in [-0.25, -0.2) is 9.37 Å². The summed E-state index contributed by atoms with van der Waals surface area (Å²) in [5, 5.41) is 9.03. The van der Waals surface area contributed by atoms with Gasteiger partial charge < -0.3 is 14.5 Å². The highest BCUT2D eigenvalue weighted by Gasteiger charge is 2.51. The first kappa shape index (κ1) is 27.9. The molecule has 0 spiro atoms. The van der Waals surface area contributed by atoms with Gasteiger partial charge in [-0.1, -0.05) is 12.2 Å². The van der Waals surface area contributed by atoms with Gasteiger partial charge in [-0.05, 0) is 55.2 Å². The topological polar surface area (TPSA) is 82.3 Å². The lowest BCUT2D eigenvalue weighted by Gasteiger charge is -2.49. The molecule has 0 radical (unpaired) electrons. The largest absolute Gasteiger partial charge is 0.490 e. The summed E-state index contributed by atoms with van der Waals surface area (Å²) in [6, 6.07) is 9.93. The fourth-order valence-electron chi connectivity index (χ4n) is 4.43. The number of hydrogen-bond acceptors (Lipinski definition) is 6. The average molecular weight is 558 g/mol. The van der Waals surface area contributed by atoms with Crippen LogP contribution in [0.15, 0.2) is 55.0 Å². The van der Waals surface area contributed by atoms with E-state index in [9.17, 15) is 22.4 Å². The smallest absolute Gasteiger partial charge is 0.419 e. The van der Waals surface area contributed by atoms with Crippen molar-refractivity contribution in [3.05, 3.63) is 77.6 Å². The van der Waals surface area contributed by atoms with Gasteiger partial charge >= 0.3 is 6.18 Å². The maximum absolute atomic E-state index is 14.6. The Hall–Kier alpha value is -4.11. The molecule has 202 valence electrons. The zero-order valence-corrected chi connectivity index (χ0v) is 21.6. The molecule has 12 heteroatoms. The molecule has 1 saturated carbocycles. The highest BCUT2D eigenvalue weighted by molar-refractivity contribution is 7.79. The van der Waals surface area contributed by atoms with Gasteiger partial charge in [-0.15, -0.1) is 0 Å². The van der Waals surface area contributed by atoms with Crippen LogP contribution in [0, 0.1) is 17.1 Å². The van der Waals surface area contributed by atoms with E-state index in [0.29, 0.717) is 31.4 Å². The molecule has 1 amide bonds. The Morgan fingerprint density at radius 1 is 1.21 bits per heavy atom. The lowest BCUT2D eigenvalue weighted by Crippen LogP contribution is -2.63. The molecular weight excluding hydrogens is 534 g/mol. The fraction of sp³-hybridized carbons (Fsp3) is 0.296. The molecule has 7 nitrogen and oxygen atoms in total. The van der Waals surface area contributed by atoms with Crippen LogP contribution in [0.5, 0.6) is 5.75 Å². The van der Waals surface area contributed by atoms with E-state index in [0.717, 1.165) is 22.7 Å². The molecule has 1 aliphatic rings. The van der Waals surface area contributed by atoms with E-state index in [1.807, 2.05) is 12.1 Å². The van der Waals surface area contributed by atoms with Gasteiger partial charge in [0.2, 0.25) is 0 Å². The lowest BCUT2D eigenvalue weighted by molar-refractivity contribution is -0.138. The molecule has 3 aromatic rings. The lowest BCUT2D eigenvalue weighted by atomic mass is 9.74. The van der Waals surface area contributed by atoms with E-state index in [4.69, 9.17) is 22.2 Å². The van der Waals surface area contributed by atoms with E-state index in [1.165, 1.54) is 41.7 Å². The van der Waals surface area contributed by atoms with Crippen molar-refractivity contribution in [2.45, 2.75) is 37.4 Å². The number of rotatable bonds is 9. The Morgan fingerprint density at radius 3 is 2.51 bits per heavy atom. The molecule has 1 fully saturated rings. The minimum absolute atomic E-state index is 0.0233. The minimum Gasteiger partial charge on any atom is -0.490 e.